The second kappa shape index (κ2) is 8.43. The minimum atomic E-state index is -1.27. The maximum absolute atomic E-state index is 12.5. The van der Waals surface area contributed by atoms with E-state index in [9.17, 15) is 18.8 Å². The van der Waals surface area contributed by atoms with Crippen molar-refractivity contribution in [2.75, 3.05) is 0 Å². The van der Waals surface area contributed by atoms with E-state index in [1.165, 1.54) is 6.92 Å². The molecule has 1 unspecified atom stereocenters. The maximum Gasteiger partial charge on any atom is 0.326 e. The number of aliphatic carboxylic acids is 2. The molecule has 0 aliphatic rings. The highest BCUT2D eigenvalue weighted by atomic mass is 19.1. The van der Waals surface area contributed by atoms with Crippen LogP contribution in [-0.2, 0) is 14.4 Å². The van der Waals surface area contributed by atoms with Crippen molar-refractivity contribution in [1.82, 2.24) is 5.32 Å². The molecule has 18 heavy (non-hydrogen) atoms. The first-order valence-electron chi connectivity index (χ1n) is 5.71. The summed E-state index contributed by atoms with van der Waals surface area (Å²) in [5, 5.41) is 19.4. The first kappa shape index (κ1) is 16.3. The number of carboxylic acids is 2. The number of rotatable bonds is 9. The van der Waals surface area contributed by atoms with E-state index in [2.05, 4.69) is 5.32 Å². The van der Waals surface area contributed by atoms with Gasteiger partial charge in [-0.3, -0.25) is 9.59 Å². The topological polar surface area (TPSA) is 104 Å². The molecule has 6 nitrogen and oxygen atoms in total. The Morgan fingerprint density at radius 1 is 1.17 bits per heavy atom. The molecule has 0 aliphatic carbocycles. The zero-order valence-corrected chi connectivity index (χ0v) is 10.2. The molecule has 0 aromatic rings. The number of carbonyl (C=O) groups is 3. The van der Waals surface area contributed by atoms with Crippen LogP contribution >= 0.6 is 0 Å². The SMILES string of the molecule is CC(F)CCCC(=O)N[C@@H](CCC(=O)O)C(=O)O. The standard InChI is InChI=1S/C11H18FNO5/c1-7(12)3-2-4-9(14)13-8(11(17)18)5-6-10(15)16/h7-8H,2-6H2,1H3,(H,13,14)(H,15,16)(H,17,18)/t7?,8-/m0/s1. The number of nitrogens with one attached hydrogen (secondary N) is 1. The lowest BCUT2D eigenvalue weighted by molar-refractivity contribution is -0.143. The van der Waals surface area contributed by atoms with Crippen LogP contribution in [0.1, 0.15) is 39.0 Å². The van der Waals surface area contributed by atoms with Crippen molar-refractivity contribution < 1.29 is 29.0 Å². The third kappa shape index (κ3) is 8.49. The van der Waals surface area contributed by atoms with E-state index in [1.54, 1.807) is 0 Å². The van der Waals surface area contributed by atoms with Crippen molar-refractivity contribution in [1.29, 1.82) is 0 Å². The molecule has 104 valence electrons. The Morgan fingerprint density at radius 3 is 2.22 bits per heavy atom. The molecule has 0 spiro atoms. The molecule has 0 saturated carbocycles. The Bertz CT molecular complexity index is 306. The van der Waals surface area contributed by atoms with E-state index < -0.39 is 30.1 Å². The van der Waals surface area contributed by atoms with Crippen LogP contribution in [0, 0.1) is 0 Å². The molecular weight excluding hydrogens is 245 g/mol. The van der Waals surface area contributed by atoms with Crippen LogP contribution in [0.4, 0.5) is 4.39 Å². The number of amides is 1. The number of carbonyl (C=O) groups excluding carboxylic acids is 1. The van der Waals surface area contributed by atoms with Gasteiger partial charge in [-0.2, -0.15) is 0 Å². The summed E-state index contributed by atoms with van der Waals surface area (Å²) >= 11 is 0. The summed E-state index contributed by atoms with van der Waals surface area (Å²) in [6, 6.07) is -1.21. The highest BCUT2D eigenvalue weighted by Crippen LogP contribution is 2.04. The summed E-state index contributed by atoms with van der Waals surface area (Å²) in [4.78, 5) is 32.4. The van der Waals surface area contributed by atoms with Crippen LogP contribution in [0.5, 0.6) is 0 Å². The fraction of sp³-hybridized carbons (Fsp3) is 0.727. The molecule has 0 aromatic carbocycles. The monoisotopic (exact) mass is 263 g/mol. The number of carboxylic acid groups (broad SMARTS) is 2. The van der Waals surface area contributed by atoms with Gasteiger partial charge in [-0.1, -0.05) is 0 Å². The number of hydrogen-bond acceptors (Lipinski definition) is 3. The summed E-state index contributed by atoms with van der Waals surface area (Å²) in [7, 11) is 0. The maximum atomic E-state index is 12.5. The molecule has 0 radical (unpaired) electrons. The predicted octanol–water partition coefficient (Wildman–Crippen LogP) is 0.949. The van der Waals surface area contributed by atoms with Crippen molar-refractivity contribution in [3.05, 3.63) is 0 Å². The molecule has 0 fully saturated rings. The Labute approximate surface area is 104 Å². The van der Waals surface area contributed by atoms with Crippen molar-refractivity contribution >= 4 is 17.8 Å². The van der Waals surface area contributed by atoms with Crippen LogP contribution in [-0.4, -0.2) is 40.3 Å². The fourth-order valence-corrected chi connectivity index (χ4v) is 1.34. The van der Waals surface area contributed by atoms with Gasteiger partial charge in [0.2, 0.25) is 5.91 Å². The zero-order valence-electron chi connectivity index (χ0n) is 10.2. The van der Waals surface area contributed by atoms with Crippen LogP contribution in [0.15, 0.2) is 0 Å². The third-order valence-corrected chi connectivity index (χ3v) is 2.29. The molecule has 0 aliphatic heterocycles. The molecule has 0 heterocycles. The lowest BCUT2D eigenvalue weighted by atomic mass is 10.1. The minimum absolute atomic E-state index is 0.0328. The predicted molar refractivity (Wildman–Crippen MR) is 60.9 cm³/mol. The molecule has 7 heteroatoms. The van der Waals surface area contributed by atoms with Gasteiger partial charge in [0.05, 0.1) is 6.17 Å². The Kier molecular flexibility index (Phi) is 7.66. The quantitative estimate of drug-likeness (QED) is 0.574. The van der Waals surface area contributed by atoms with Gasteiger partial charge < -0.3 is 15.5 Å². The second-order valence-electron chi connectivity index (χ2n) is 4.06. The van der Waals surface area contributed by atoms with Crippen molar-refractivity contribution in [2.45, 2.75) is 51.2 Å². The lowest BCUT2D eigenvalue weighted by Gasteiger charge is -2.13. The van der Waals surface area contributed by atoms with Gasteiger partial charge >= 0.3 is 11.9 Å². The number of alkyl halides is 1. The van der Waals surface area contributed by atoms with Crippen LogP contribution < -0.4 is 5.32 Å². The van der Waals surface area contributed by atoms with Crippen LogP contribution in [0.25, 0.3) is 0 Å². The third-order valence-electron chi connectivity index (χ3n) is 2.29. The van der Waals surface area contributed by atoms with Gasteiger partial charge in [0.1, 0.15) is 6.04 Å². The summed E-state index contributed by atoms with van der Waals surface area (Å²) in [6.45, 7) is 1.38. The van der Waals surface area contributed by atoms with E-state index >= 15 is 0 Å². The molecule has 1 amide bonds. The van der Waals surface area contributed by atoms with Crippen molar-refractivity contribution in [3.8, 4) is 0 Å². The molecular formula is C11H18FNO5. The molecule has 0 saturated heterocycles. The Hall–Kier alpha value is -1.66. The van der Waals surface area contributed by atoms with E-state index in [0.29, 0.717) is 6.42 Å². The Balaban J connectivity index is 4.04. The van der Waals surface area contributed by atoms with Crippen molar-refractivity contribution in [2.24, 2.45) is 0 Å². The van der Waals surface area contributed by atoms with Gasteiger partial charge in [-0.15, -0.1) is 0 Å². The highest BCUT2D eigenvalue weighted by molar-refractivity contribution is 5.83. The van der Waals surface area contributed by atoms with E-state index in [0.717, 1.165) is 0 Å². The lowest BCUT2D eigenvalue weighted by Crippen LogP contribution is -2.41. The van der Waals surface area contributed by atoms with Gasteiger partial charge in [0.15, 0.2) is 0 Å². The number of hydrogen-bond donors (Lipinski definition) is 3. The largest absolute Gasteiger partial charge is 0.481 e. The summed E-state index contributed by atoms with van der Waals surface area (Å²) in [5.41, 5.74) is 0. The smallest absolute Gasteiger partial charge is 0.326 e. The van der Waals surface area contributed by atoms with Crippen LogP contribution in [0.2, 0.25) is 0 Å². The van der Waals surface area contributed by atoms with Crippen molar-refractivity contribution in [3.63, 3.8) is 0 Å². The highest BCUT2D eigenvalue weighted by Gasteiger charge is 2.20. The van der Waals surface area contributed by atoms with Crippen LogP contribution in [0.3, 0.4) is 0 Å². The second-order valence-corrected chi connectivity index (χ2v) is 4.06. The average Bonchev–Trinajstić information content (AvgIpc) is 2.22. The van der Waals surface area contributed by atoms with Gasteiger partial charge in [0.25, 0.3) is 0 Å². The molecule has 0 bridgehead atoms. The molecule has 0 rings (SSSR count). The first-order chi connectivity index (χ1) is 8.32. The van der Waals surface area contributed by atoms with E-state index in [1.807, 2.05) is 0 Å². The summed E-state index contributed by atoms with van der Waals surface area (Å²) in [6.07, 6.45) is -0.908. The van der Waals surface area contributed by atoms with E-state index in [-0.39, 0.29) is 25.7 Å². The van der Waals surface area contributed by atoms with Gasteiger partial charge in [-0.25, -0.2) is 9.18 Å². The van der Waals surface area contributed by atoms with Gasteiger partial charge in [-0.05, 0) is 26.2 Å². The molecule has 0 aromatic heterocycles. The number of halogens is 1. The summed E-state index contributed by atoms with van der Waals surface area (Å²) in [5.74, 6) is -2.90. The molecule has 3 N–H and O–H groups in total. The van der Waals surface area contributed by atoms with E-state index in [4.69, 9.17) is 10.2 Å². The average molecular weight is 263 g/mol. The Morgan fingerprint density at radius 2 is 1.78 bits per heavy atom. The minimum Gasteiger partial charge on any atom is -0.481 e. The fourth-order valence-electron chi connectivity index (χ4n) is 1.34. The summed E-state index contributed by atoms with van der Waals surface area (Å²) < 4.78 is 12.5. The normalized spacial score (nSPS) is 13.7. The molecule has 2 atom stereocenters. The first-order valence-corrected chi connectivity index (χ1v) is 5.71. The zero-order chi connectivity index (χ0) is 14.1. The van der Waals surface area contributed by atoms with Gasteiger partial charge in [0, 0.05) is 12.8 Å².